The van der Waals surface area contributed by atoms with Crippen LogP contribution in [0.3, 0.4) is 0 Å². The molecule has 3 heterocycles. The molecule has 10 rings (SSSR count). The molecule has 0 saturated heterocycles. The van der Waals surface area contributed by atoms with Gasteiger partial charge in [-0.15, -0.1) is 11.8 Å². The lowest BCUT2D eigenvalue weighted by Crippen LogP contribution is -2.36. The van der Waals surface area contributed by atoms with Crippen LogP contribution in [-0.2, 0) is 6.42 Å². The molecule has 3 aromatic rings. The number of rotatable bonds is 3. The van der Waals surface area contributed by atoms with Gasteiger partial charge < -0.3 is 10.1 Å². The largest absolute Gasteiger partial charge is 0.470 e. The molecule has 1 fully saturated rings. The molecular formula is C40H33NOS. The van der Waals surface area contributed by atoms with E-state index in [1.807, 2.05) is 0 Å². The predicted molar refractivity (Wildman–Crippen MR) is 176 cm³/mol. The summed E-state index contributed by atoms with van der Waals surface area (Å²) in [6.45, 7) is 0. The van der Waals surface area contributed by atoms with E-state index in [1.165, 1.54) is 49.4 Å². The van der Waals surface area contributed by atoms with Gasteiger partial charge in [0.1, 0.15) is 5.75 Å². The quantitative estimate of drug-likeness (QED) is 0.337. The van der Waals surface area contributed by atoms with E-state index < -0.39 is 0 Å². The molecule has 0 bridgehead atoms. The highest BCUT2D eigenvalue weighted by Crippen LogP contribution is 2.64. The summed E-state index contributed by atoms with van der Waals surface area (Å²) >= 11 is 2.08. The zero-order chi connectivity index (χ0) is 28.1. The smallest absolute Gasteiger partial charge is 0.176 e. The van der Waals surface area contributed by atoms with E-state index in [1.54, 1.807) is 5.57 Å². The lowest BCUT2D eigenvalue weighted by Gasteiger charge is -2.28. The Morgan fingerprint density at radius 1 is 0.884 bits per heavy atom. The van der Waals surface area contributed by atoms with Crippen molar-refractivity contribution in [3.8, 4) is 16.9 Å². The van der Waals surface area contributed by atoms with Crippen LogP contribution in [0.15, 0.2) is 131 Å². The van der Waals surface area contributed by atoms with Crippen molar-refractivity contribution >= 4 is 17.8 Å². The van der Waals surface area contributed by atoms with E-state index in [9.17, 15) is 0 Å². The van der Waals surface area contributed by atoms with Crippen LogP contribution in [0.2, 0.25) is 0 Å². The third kappa shape index (κ3) is 3.67. The van der Waals surface area contributed by atoms with Crippen molar-refractivity contribution in [1.82, 2.24) is 5.32 Å². The van der Waals surface area contributed by atoms with Gasteiger partial charge in [0.05, 0.1) is 0 Å². The SMILES string of the molecule is C1=CC2c3ccccc3SC2C(C2C3C=CC=C(C4=CNC5Oc6ccc(-c7cccc8c7CCC=C8)cc6C5C4)C32)=C1. The molecule has 7 atom stereocenters. The van der Waals surface area contributed by atoms with E-state index >= 15 is 0 Å². The molecule has 210 valence electrons. The number of fused-ring (bicyclic) bond motifs is 8. The molecular weight excluding hydrogens is 543 g/mol. The van der Waals surface area contributed by atoms with Gasteiger partial charge in [-0.2, -0.15) is 0 Å². The molecule has 7 aliphatic rings. The summed E-state index contributed by atoms with van der Waals surface area (Å²) in [5.41, 5.74) is 13.0. The Hall–Kier alpha value is -3.95. The molecule has 1 saturated carbocycles. The standard InChI is InChI=1S/C40H33NOS/c1-2-10-26-23(8-1)9-5-12-27(26)24-18-19-35-33(20-24)34-21-25(22-41-40(34)42-35)28-13-6-15-31-37(28)38(31)32-16-7-14-30-29-11-3-4-17-36(29)43-39(30)32/h1,3-9,11-20,22,30-31,34,37-41H,2,10,21H2. The number of nitrogens with one attached hydrogen (secondary N) is 1. The highest BCUT2D eigenvalue weighted by Gasteiger charge is 2.56. The van der Waals surface area contributed by atoms with Gasteiger partial charge >= 0.3 is 0 Å². The zero-order valence-corrected chi connectivity index (χ0v) is 24.8. The maximum absolute atomic E-state index is 6.46. The van der Waals surface area contributed by atoms with Crippen LogP contribution in [0.1, 0.15) is 46.9 Å². The first-order chi connectivity index (χ1) is 21.3. The summed E-state index contributed by atoms with van der Waals surface area (Å²) in [6, 6.07) is 22.6. The Labute approximate surface area is 257 Å². The molecule has 4 aliphatic carbocycles. The van der Waals surface area contributed by atoms with Gasteiger partial charge in [0, 0.05) is 33.7 Å². The Balaban J connectivity index is 0.933. The second kappa shape index (κ2) is 9.27. The van der Waals surface area contributed by atoms with Crippen LogP contribution in [0, 0.1) is 17.8 Å². The summed E-state index contributed by atoms with van der Waals surface area (Å²) in [7, 11) is 0. The molecule has 1 N–H and O–H groups in total. The Bertz CT molecular complexity index is 1890. The maximum atomic E-state index is 6.46. The molecule has 0 spiro atoms. The molecule has 7 unspecified atom stereocenters. The lowest BCUT2D eigenvalue weighted by atomic mass is 9.82. The zero-order valence-electron chi connectivity index (χ0n) is 23.9. The maximum Gasteiger partial charge on any atom is 0.176 e. The predicted octanol–water partition coefficient (Wildman–Crippen LogP) is 9.11. The van der Waals surface area contributed by atoms with Crippen molar-refractivity contribution in [2.75, 3.05) is 0 Å². The second-order valence-electron chi connectivity index (χ2n) is 13.0. The average molecular weight is 576 g/mol. The highest BCUT2D eigenvalue weighted by molar-refractivity contribution is 8.00. The molecule has 2 nitrogen and oxygen atoms in total. The first kappa shape index (κ1) is 24.5. The van der Waals surface area contributed by atoms with Gasteiger partial charge in [-0.25, -0.2) is 0 Å². The monoisotopic (exact) mass is 575 g/mol. The van der Waals surface area contributed by atoms with Crippen molar-refractivity contribution in [3.05, 3.63) is 148 Å². The number of hydrogen-bond acceptors (Lipinski definition) is 3. The molecule has 3 aliphatic heterocycles. The first-order valence-corrected chi connectivity index (χ1v) is 16.8. The van der Waals surface area contributed by atoms with Crippen LogP contribution < -0.4 is 10.1 Å². The van der Waals surface area contributed by atoms with Gasteiger partial charge in [0.15, 0.2) is 6.23 Å². The number of allylic oxidation sites excluding steroid dienone is 9. The topological polar surface area (TPSA) is 21.3 Å². The average Bonchev–Trinajstić information content (AvgIpc) is 3.50. The van der Waals surface area contributed by atoms with Crippen molar-refractivity contribution in [2.45, 2.75) is 47.5 Å². The summed E-state index contributed by atoms with van der Waals surface area (Å²) < 4.78 is 6.46. The van der Waals surface area contributed by atoms with Crippen molar-refractivity contribution in [2.24, 2.45) is 17.8 Å². The number of hydrogen-bond donors (Lipinski definition) is 1. The minimum Gasteiger partial charge on any atom is -0.470 e. The third-order valence-corrected chi connectivity index (χ3v) is 12.3. The van der Waals surface area contributed by atoms with Gasteiger partial charge in [-0.3, -0.25) is 0 Å². The van der Waals surface area contributed by atoms with Gasteiger partial charge in [-0.05, 0) is 94.2 Å². The van der Waals surface area contributed by atoms with Crippen LogP contribution in [0.4, 0.5) is 0 Å². The number of ether oxygens (including phenoxy) is 1. The second-order valence-corrected chi connectivity index (χ2v) is 14.2. The molecule has 0 radical (unpaired) electrons. The van der Waals surface area contributed by atoms with E-state index in [0.29, 0.717) is 34.8 Å². The Morgan fingerprint density at radius 3 is 2.84 bits per heavy atom. The van der Waals surface area contributed by atoms with Crippen LogP contribution in [-0.4, -0.2) is 11.5 Å². The minimum absolute atomic E-state index is 0.00694. The summed E-state index contributed by atoms with van der Waals surface area (Å²) in [5, 5.41) is 4.21. The van der Waals surface area contributed by atoms with Crippen LogP contribution in [0.5, 0.6) is 5.75 Å². The Kier molecular flexibility index (Phi) is 5.28. The van der Waals surface area contributed by atoms with Crippen molar-refractivity contribution in [3.63, 3.8) is 0 Å². The fraction of sp³-hybridized carbons (Fsp3) is 0.250. The minimum atomic E-state index is 0.00694. The van der Waals surface area contributed by atoms with Gasteiger partial charge in [-0.1, -0.05) is 96.6 Å². The van der Waals surface area contributed by atoms with Crippen LogP contribution >= 0.6 is 11.8 Å². The number of benzene rings is 3. The molecule has 0 amide bonds. The lowest BCUT2D eigenvalue weighted by molar-refractivity contribution is 0.175. The molecule has 3 aromatic carbocycles. The van der Waals surface area contributed by atoms with E-state index in [0.717, 1.165) is 25.0 Å². The molecule has 43 heavy (non-hydrogen) atoms. The third-order valence-electron chi connectivity index (χ3n) is 10.9. The van der Waals surface area contributed by atoms with Crippen molar-refractivity contribution < 1.29 is 4.74 Å². The number of thioether (sulfide) groups is 1. The van der Waals surface area contributed by atoms with Gasteiger partial charge in [0.25, 0.3) is 0 Å². The first-order valence-electron chi connectivity index (χ1n) is 15.9. The van der Waals surface area contributed by atoms with E-state index in [-0.39, 0.29) is 6.23 Å². The molecule has 0 aromatic heterocycles. The normalized spacial score (nSPS) is 31.6. The summed E-state index contributed by atoms with van der Waals surface area (Å²) in [4.78, 5) is 1.46. The Morgan fingerprint density at radius 2 is 1.84 bits per heavy atom. The van der Waals surface area contributed by atoms with Gasteiger partial charge in [0.2, 0.25) is 0 Å². The van der Waals surface area contributed by atoms with Crippen LogP contribution in [0.25, 0.3) is 17.2 Å². The summed E-state index contributed by atoms with van der Waals surface area (Å²) in [5.74, 6) is 3.64. The summed E-state index contributed by atoms with van der Waals surface area (Å²) in [6.07, 6.45) is 24.5. The fourth-order valence-corrected chi connectivity index (χ4v) is 10.3. The molecule has 3 heteroatoms. The van der Waals surface area contributed by atoms with E-state index in [4.69, 9.17) is 4.74 Å². The van der Waals surface area contributed by atoms with Crippen molar-refractivity contribution in [1.29, 1.82) is 0 Å². The van der Waals surface area contributed by atoms with E-state index in [2.05, 4.69) is 133 Å². The fourth-order valence-electron chi connectivity index (χ4n) is 8.81. The highest BCUT2D eigenvalue weighted by atomic mass is 32.2.